The van der Waals surface area contributed by atoms with Crippen LogP contribution in [0.5, 0.6) is 0 Å². The van der Waals surface area contributed by atoms with Crippen LogP contribution in [0.4, 0.5) is 0 Å². The molecule has 1 aliphatic rings. The Labute approximate surface area is 123 Å². The topological polar surface area (TPSA) is 103 Å². The summed E-state index contributed by atoms with van der Waals surface area (Å²) in [4.78, 5) is 11.0. The monoisotopic (exact) mass is 316 g/mol. The van der Waals surface area contributed by atoms with Crippen LogP contribution in [0.2, 0.25) is 0 Å². The van der Waals surface area contributed by atoms with E-state index in [1.807, 2.05) is 4.57 Å². The number of nitrogens with one attached hydrogen (secondary N) is 1. The summed E-state index contributed by atoms with van der Waals surface area (Å²) in [6, 6.07) is -0.438. The number of fused-ring (bicyclic) bond motifs is 1. The summed E-state index contributed by atoms with van der Waals surface area (Å²) in [6.45, 7) is 2.57. The van der Waals surface area contributed by atoms with E-state index in [0.29, 0.717) is 5.82 Å². The van der Waals surface area contributed by atoms with E-state index in [1.165, 1.54) is 7.11 Å². The van der Waals surface area contributed by atoms with E-state index in [1.54, 1.807) is 6.92 Å². The molecular weight excluding hydrogens is 296 g/mol. The summed E-state index contributed by atoms with van der Waals surface area (Å²) in [5, 5.41) is 8.12. The lowest BCUT2D eigenvalue weighted by atomic mass is 10.3. The zero-order valence-corrected chi connectivity index (χ0v) is 13.0. The maximum Gasteiger partial charge on any atom is 0.305 e. The molecule has 1 aromatic rings. The van der Waals surface area contributed by atoms with E-state index >= 15 is 0 Å². The molecule has 1 unspecified atom stereocenters. The summed E-state index contributed by atoms with van der Waals surface area (Å²) < 4.78 is 33.0. The van der Waals surface area contributed by atoms with Gasteiger partial charge in [-0.05, 0) is 19.8 Å². The molecule has 0 aliphatic carbocycles. The maximum absolute atomic E-state index is 12.0. The minimum absolute atomic E-state index is 0.0894. The number of aryl methyl sites for hydroxylation is 1. The predicted octanol–water partition coefficient (Wildman–Crippen LogP) is 0.158. The minimum atomic E-state index is -3.47. The van der Waals surface area contributed by atoms with E-state index in [-0.39, 0.29) is 18.6 Å². The normalized spacial score (nSPS) is 15.7. The molecule has 0 saturated carbocycles. The molecule has 0 radical (unpaired) electrons. The van der Waals surface area contributed by atoms with Crippen molar-refractivity contribution < 1.29 is 17.9 Å². The fourth-order valence-electron chi connectivity index (χ4n) is 2.38. The molecule has 0 saturated heterocycles. The Morgan fingerprint density at radius 1 is 1.48 bits per heavy atom. The lowest BCUT2D eigenvalue weighted by Gasteiger charge is -2.14. The van der Waals surface area contributed by atoms with Crippen molar-refractivity contribution in [2.24, 2.45) is 0 Å². The number of nitrogens with zero attached hydrogens (tertiary/aromatic N) is 3. The van der Waals surface area contributed by atoms with Gasteiger partial charge in [0.1, 0.15) is 5.82 Å². The fraction of sp³-hybridized carbons (Fsp3) is 0.750. The molecule has 0 amide bonds. The molecule has 118 valence electrons. The summed E-state index contributed by atoms with van der Waals surface area (Å²) in [6.07, 6.45) is 2.21. The van der Waals surface area contributed by atoms with Crippen LogP contribution in [0.15, 0.2) is 0 Å². The van der Waals surface area contributed by atoms with E-state index in [0.717, 1.165) is 25.2 Å². The van der Waals surface area contributed by atoms with Crippen molar-refractivity contribution in [1.29, 1.82) is 0 Å². The second-order valence-electron chi connectivity index (χ2n) is 5.07. The number of rotatable bonds is 7. The van der Waals surface area contributed by atoms with Gasteiger partial charge in [-0.3, -0.25) is 4.79 Å². The van der Waals surface area contributed by atoms with Gasteiger partial charge in [0.2, 0.25) is 10.0 Å². The standard InChI is InChI=1S/C12H20N4O4S/c1-9(12-14-13-10-5-3-7-16(10)12)15-21(18,19)8-4-6-11(17)20-2/h9,15H,3-8H2,1-2H3. The zero-order chi connectivity index (χ0) is 15.5. The summed E-state index contributed by atoms with van der Waals surface area (Å²) in [5.74, 6) is 1.02. The lowest BCUT2D eigenvalue weighted by Crippen LogP contribution is -2.31. The van der Waals surface area contributed by atoms with Gasteiger partial charge in [0.05, 0.1) is 18.9 Å². The van der Waals surface area contributed by atoms with Gasteiger partial charge in [0.25, 0.3) is 0 Å². The molecule has 1 aromatic heterocycles. The highest BCUT2D eigenvalue weighted by molar-refractivity contribution is 7.89. The quantitative estimate of drug-likeness (QED) is 0.719. The van der Waals surface area contributed by atoms with Crippen molar-refractivity contribution in [3.63, 3.8) is 0 Å². The third kappa shape index (κ3) is 4.01. The van der Waals surface area contributed by atoms with Gasteiger partial charge in [-0.2, -0.15) is 0 Å². The molecule has 9 heteroatoms. The largest absolute Gasteiger partial charge is 0.469 e. The van der Waals surface area contributed by atoms with Gasteiger partial charge >= 0.3 is 5.97 Å². The first-order valence-corrected chi connectivity index (χ1v) is 8.57. The SMILES string of the molecule is COC(=O)CCCS(=O)(=O)NC(C)c1nnc2n1CCC2. The van der Waals surface area contributed by atoms with Gasteiger partial charge in [-0.1, -0.05) is 0 Å². The molecule has 2 rings (SSSR count). The number of hydrogen-bond donors (Lipinski definition) is 1. The van der Waals surface area contributed by atoms with Gasteiger partial charge in [-0.15, -0.1) is 10.2 Å². The number of esters is 1. The van der Waals surface area contributed by atoms with Crippen LogP contribution in [0.3, 0.4) is 0 Å². The average molecular weight is 316 g/mol. The average Bonchev–Trinajstić information content (AvgIpc) is 2.99. The number of sulfonamides is 1. The number of ether oxygens (including phenoxy) is 1. The molecule has 8 nitrogen and oxygen atoms in total. The van der Waals surface area contributed by atoms with Crippen LogP contribution in [0, 0.1) is 0 Å². The second kappa shape index (κ2) is 6.52. The van der Waals surface area contributed by atoms with Gasteiger partial charge in [0, 0.05) is 19.4 Å². The van der Waals surface area contributed by atoms with Crippen LogP contribution in [-0.2, 0) is 32.5 Å². The van der Waals surface area contributed by atoms with Crippen molar-refractivity contribution in [1.82, 2.24) is 19.5 Å². The van der Waals surface area contributed by atoms with Crippen molar-refractivity contribution in [2.75, 3.05) is 12.9 Å². The maximum atomic E-state index is 12.0. The number of hydrogen-bond acceptors (Lipinski definition) is 6. The van der Waals surface area contributed by atoms with E-state index < -0.39 is 22.0 Å². The molecule has 1 N–H and O–H groups in total. The molecule has 21 heavy (non-hydrogen) atoms. The van der Waals surface area contributed by atoms with Crippen LogP contribution in [0.1, 0.15) is 43.9 Å². The number of methoxy groups -OCH3 is 1. The molecule has 1 atom stereocenters. The van der Waals surface area contributed by atoms with Gasteiger partial charge in [0.15, 0.2) is 5.82 Å². The molecule has 0 spiro atoms. The Kier molecular flexibility index (Phi) is 4.94. The highest BCUT2D eigenvalue weighted by Crippen LogP contribution is 2.19. The molecule has 0 fully saturated rings. The van der Waals surface area contributed by atoms with Crippen LogP contribution in [-0.4, -0.2) is 42.0 Å². The summed E-state index contributed by atoms with van der Waals surface area (Å²) >= 11 is 0. The third-order valence-electron chi connectivity index (χ3n) is 3.40. The summed E-state index contributed by atoms with van der Waals surface area (Å²) in [5.41, 5.74) is 0. The first-order chi connectivity index (χ1) is 9.93. The van der Waals surface area contributed by atoms with Crippen molar-refractivity contribution in [3.05, 3.63) is 11.6 Å². The number of aromatic nitrogens is 3. The Morgan fingerprint density at radius 3 is 2.95 bits per heavy atom. The predicted molar refractivity (Wildman–Crippen MR) is 74.9 cm³/mol. The van der Waals surface area contributed by atoms with Crippen molar-refractivity contribution in [3.8, 4) is 0 Å². The van der Waals surface area contributed by atoms with Crippen molar-refractivity contribution in [2.45, 2.75) is 45.2 Å². The van der Waals surface area contributed by atoms with E-state index in [4.69, 9.17) is 0 Å². The van der Waals surface area contributed by atoms with Gasteiger partial charge in [-0.25, -0.2) is 13.1 Å². The first-order valence-electron chi connectivity index (χ1n) is 6.92. The Bertz CT molecular complexity index is 611. The van der Waals surface area contributed by atoms with Crippen LogP contribution < -0.4 is 4.72 Å². The first kappa shape index (κ1) is 15.9. The van der Waals surface area contributed by atoms with Gasteiger partial charge < -0.3 is 9.30 Å². The lowest BCUT2D eigenvalue weighted by molar-refractivity contribution is -0.140. The highest BCUT2D eigenvalue weighted by Gasteiger charge is 2.24. The Hall–Kier alpha value is -1.48. The van der Waals surface area contributed by atoms with Crippen LogP contribution >= 0.6 is 0 Å². The second-order valence-corrected chi connectivity index (χ2v) is 6.94. The number of carbonyl (C=O) groups is 1. The smallest absolute Gasteiger partial charge is 0.305 e. The van der Waals surface area contributed by atoms with E-state index in [2.05, 4.69) is 19.7 Å². The molecule has 0 aromatic carbocycles. The van der Waals surface area contributed by atoms with E-state index in [9.17, 15) is 13.2 Å². The third-order valence-corrected chi connectivity index (χ3v) is 4.94. The zero-order valence-electron chi connectivity index (χ0n) is 12.2. The molecule has 0 bridgehead atoms. The molecular formula is C12H20N4O4S. The summed E-state index contributed by atoms with van der Waals surface area (Å²) in [7, 11) is -2.19. The molecule has 2 heterocycles. The van der Waals surface area contributed by atoms with Crippen molar-refractivity contribution >= 4 is 16.0 Å². The van der Waals surface area contributed by atoms with Crippen LogP contribution in [0.25, 0.3) is 0 Å². The Balaban J connectivity index is 1.91. The highest BCUT2D eigenvalue weighted by atomic mass is 32.2. The number of carbonyl (C=O) groups excluding carboxylic acids is 1. The fourth-order valence-corrected chi connectivity index (χ4v) is 3.67. The minimum Gasteiger partial charge on any atom is -0.469 e. The molecule has 1 aliphatic heterocycles. The Morgan fingerprint density at radius 2 is 2.24 bits per heavy atom.